The average Bonchev–Trinajstić information content (AvgIpc) is 3.05. The predicted octanol–water partition coefficient (Wildman–Crippen LogP) is 4.74. The van der Waals surface area contributed by atoms with Gasteiger partial charge < -0.3 is 24.6 Å². The maximum Gasteiger partial charge on any atom is 0.230 e. The Morgan fingerprint density at radius 2 is 1.88 bits per heavy atom. The van der Waals surface area contributed by atoms with Crippen molar-refractivity contribution in [3.05, 3.63) is 42.1 Å². The minimum Gasteiger partial charge on any atom is -0.384 e. The summed E-state index contributed by atoms with van der Waals surface area (Å²) in [5.41, 5.74) is 4.11. The normalized spacial score (nSPS) is 23.0. The van der Waals surface area contributed by atoms with Crippen LogP contribution in [0.2, 0.25) is 0 Å². The number of piperidine rings is 1. The zero-order chi connectivity index (χ0) is 23.5. The molecular weight excluding hydrogens is 428 g/mol. The number of hydrogen-bond acceptors (Lipinski definition) is 6. The summed E-state index contributed by atoms with van der Waals surface area (Å²) in [7, 11) is 3.55. The van der Waals surface area contributed by atoms with E-state index in [0.29, 0.717) is 12.5 Å². The minimum atomic E-state index is 0.0333. The molecule has 2 aromatic rings. The number of rotatable bonds is 5. The molecular formula is C27H36N4O3. The molecule has 0 spiro atoms. The molecule has 0 unspecified atom stereocenters. The molecule has 1 amide bonds. The summed E-state index contributed by atoms with van der Waals surface area (Å²) in [5, 5.41) is 3.50. The Balaban J connectivity index is 1.43. The maximum atomic E-state index is 13.9. The van der Waals surface area contributed by atoms with Gasteiger partial charge in [-0.1, -0.05) is 6.07 Å². The molecule has 182 valence electrons. The molecule has 7 nitrogen and oxygen atoms in total. The number of carbonyl (C=O) groups excluding carboxylic acids is 1. The molecule has 0 radical (unpaired) electrons. The highest BCUT2D eigenvalue weighted by Crippen LogP contribution is 2.40. The summed E-state index contributed by atoms with van der Waals surface area (Å²) in [6.07, 6.45) is 7.98. The number of anilines is 4. The van der Waals surface area contributed by atoms with Crippen LogP contribution in [0, 0.1) is 11.8 Å². The molecule has 1 N–H and O–H groups in total. The molecule has 7 heteroatoms. The van der Waals surface area contributed by atoms with E-state index in [4.69, 9.17) is 9.47 Å². The van der Waals surface area contributed by atoms with Crippen molar-refractivity contribution in [3.63, 3.8) is 0 Å². The first kappa shape index (κ1) is 23.1. The smallest absolute Gasteiger partial charge is 0.230 e. The van der Waals surface area contributed by atoms with Crippen LogP contribution in [0.15, 0.2) is 36.5 Å². The third kappa shape index (κ3) is 4.77. The molecule has 0 bridgehead atoms. The Morgan fingerprint density at radius 3 is 2.62 bits per heavy atom. The standard InChI is InChI=1S/C27H36N4O3/c1-33-18-19-11-14-30(15-12-19)22-7-10-24-25(16-22)31(17-21-4-3-13-28-26(21)29-24)27(32)20-5-8-23(34-2)9-6-20/h3-4,7,10,13,16,19-20,23H,5-6,8-9,11-12,14-15,17-18H2,1-2H3,(H,28,29)/t20-,23-. The van der Waals surface area contributed by atoms with Crippen molar-refractivity contribution in [1.29, 1.82) is 0 Å². The van der Waals surface area contributed by atoms with Gasteiger partial charge in [0.1, 0.15) is 5.82 Å². The molecule has 3 heterocycles. The Bertz CT molecular complexity index is 997. The van der Waals surface area contributed by atoms with Gasteiger partial charge in [-0.05, 0) is 68.7 Å². The van der Waals surface area contributed by atoms with Crippen molar-refractivity contribution in [2.24, 2.45) is 11.8 Å². The van der Waals surface area contributed by atoms with Gasteiger partial charge in [0.05, 0.1) is 24.0 Å². The molecule has 5 rings (SSSR count). The van der Waals surface area contributed by atoms with Crippen LogP contribution in [0.4, 0.5) is 22.9 Å². The van der Waals surface area contributed by atoms with Crippen molar-refractivity contribution in [3.8, 4) is 0 Å². The summed E-state index contributed by atoms with van der Waals surface area (Å²) in [6.45, 7) is 3.39. The number of amides is 1. The second kappa shape index (κ2) is 10.3. The summed E-state index contributed by atoms with van der Waals surface area (Å²) in [4.78, 5) is 22.9. The number of methoxy groups -OCH3 is 2. The summed E-state index contributed by atoms with van der Waals surface area (Å²) >= 11 is 0. The van der Waals surface area contributed by atoms with Crippen molar-refractivity contribution >= 4 is 28.8 Å². The summed E-state index contributed by atoms with van der Waals surface area (Å²) in [5.74, 6) is 1.70. The number of benzene rings is 1. The molecule has 1 aliphatic carbocycles. The lowest BCUT2D eigenvalue weighted by Crippen LogP contribution is -2.38. The number of nitrogens with one attached hydrogen (secondary N) is 1. The van der Waals surface area contributed by atoms with Gasteiger partial charge in [-0.3, -0.25) is 4.79 Å². The largest absolute Gasteiger partial charge is 0.384 e. The third-order valence-electron chi connectivity index (χ3n) is 7.75. The van der Waals surface area contributed by atoms with Gasteiger partial charge in [0.2, 0.25) is 5.91 Å². The van der Waals surface area contributed by atoms with Crippen molar-refractivity contribution in [2.75, 3.05) is 49.0 Å². The lowest BCUT2D eigenvalue weighted by Gasteiger charge is -2.35. The Hall–Kier alpha value is -2.64. The van der Waals surface area contributed by atoms with Crippen LogP contribution >= 0.6 is 0 Å². The maximum absolute atomic E-state index is 13.9. The molecule has 2 aliphatic heterocycles. The SMILES string of the molecule is COCC1CCN(c2ccc3c(c2)N(C(=O)[C@H]2CC[C@H](OC)CC2)Cc2cccnc2N3)CC1. The molecule has 1 saturated carbocycles. The van der Waals surface area contributed by atoms with Crippen molar-refractivity contribution in [2.45, 2.75) is 51.2 Å². The second-order valence-corrected chi connectivity index (χ2v) is 9.86. The summed E-state index contributed by atoms with van der Waals surface area (Å²) < 4.78 is 10.9. The van der Waals surface area contributed by atoms with E-state index in [2.05, 4.69) is 39.5 Å². The van der Waals surface area contributed by atoms with E-state index >= 15 is 0 Å². The van der Waals surface area contributed by atoms with Gasteiger partial charge in [0.25, 0.3) is 0 Å². The van der Waals surface area contributed by atoms with Crippen LogP contribution in [0.25, 0.3) is 0 Å². The van der Waals surface area contributed by atoms with Gasteiger partial charge in [0.15, 0.2) is 0 Å². The first-order chi connectivity index (χ1) is 16.7. The fourth-order valence-electron chi connectivity index (χ4n) is 5.66. The van der Waals surface area contributed by atoms with Gasteiger partial charge >= 0.3 is 0 Å². The van der Waals surface area contributed by atoms with Crippen LogP contribution in [-0.4, -0.2) is 50.9 Å². The molecule has 0 atom stereocenters. The highest BCUT2D eigenvalue weighted by molar-refractivity contribution is 6.00. The first-order valence-corrected chi connectivity index (χ1v) is 12.6. The van der Waals surface area contributed by atoms with Gasteiger partial charge in [-0.15, -0.1) is 0 Å². The third-order valence-corrected chi connectivity index (χ3v) is 7.75. The van der Waals surface area contributed by atoms with E-state index in [-0.39, 0.29) is 17.9 Å². The molecule has 34 heavy (non-hydrogen) atoms. The number of fused-ring (bicyclic) bond motifs is 2. The zero-order valence-corrected chi connectivity index (χ0v) is 20.3. The van der Waals surface area contributed by atoms with Gasteiger partial charge in [-0.25, -0.2) is 4.98 Å². The number of nitrogens with zero attached hydrogens (tertiary/aromatic N) is 3. The van der Waals surface area contributed by atoms with E-state index in [1.54, 1.807) is 20.4 Å². The van der Waals surface area contributed by atoms with E-state index < -0.39 is 0 Å². The second-order valence-electron chi connectivity index (χ2n) is 9.86. The van der Waals surface area contributed by atoms with Gasteiger partial charge in [0, 0.05) is 57.3 Å². The van der Waals surface area contributed by atoms with Crippen LogP contribution < -0.4 is 15.1 Å². The van der Waals surface area contributed by atoms with Crippen LogP contribution in [-0.2, 0) is 20.8 Å². The quantitative estimate of drug-likeness (QED) is 0.690. The Morgan fingerprint density at radius 1 is 1.09 bits per heavy atom. The number of pyridine rings is 1. The monoisotopic (exact) mass is 464 g/mol. The number of hydrogen-bond donors (Lipinski definition) is 1. The Kier molecular flexibility index (Phi) is 7.02. The lowest BCUT2D eigenvalue weighted by atomic mass is 9.86. The van der Waals surface area contributed by atoms with E-state index in [9.17, 15) is 4.79 Å². The number of aromatic nitrogens is 1. The van der Waals surface area contributed by atoms with Crippen LogP contribution in [0.3, 0.4) is 0 Å². The zero-order valence-electron chi connectivity index (χ0n) is 20.3. The predicted molar refractivity (Wildman–Crippen MR) is 135 cm³/mol. The molecule has 1 aromatic carbocycles. The van der Waals surface area contributed by atoms with E-state index in [1.807, 2.05) is 11.0 Å². The van der Waals surface area contributed by atoms with E-state index in [1.165, 1.54) is 5.69 Å². The summed E-state index contributed by atoms with van der Waals surface area (Å²) in [6, 6.07) is 10.5. The topological polar surface area (TPSA) is 66.9 Å². The molecule has 1 saturated heterocycles. The number of carbonyl (C=O) groups is 1. The highest BCUT2D eigenvalue weighted by Gasteiger charge is 2.33. The van der Waals surface area contributed by atoms with E-state index in [0.717, 1.165) is 81.0 Å². The van der Waals surface area contributed by atoms with Crippen molar-refractivity contribution in [1.82, 2.24) is 4.98 Å². The van der Waals surface area contributed by atoms with Crippen LogP contribution in [0.1, 0.15) is 44.1 Å². The molecule has 1 aromatic heterocycles. The highest BCUT2D eigenvalue weighted by atomic mass is 16.5. The van der Waals surface area contributed by atoms with Gasteiger partial charge in [-0.2, -0.15) is 0 Å². The first-order valence-electron chi connectivity index (χ1n) is 12.6. The fourth-order valence-corrected chi connectivity index (χ4v) is 5.66. The average molecular weight is 465 g/mol. The fraction of sp³-hybridized carbons (Fsp3) is 0.556. The molecule has 3 aliphatic rings. The number of ether oxygens (including phenoxy) is 2. The minimum absolute atomic E-state index is 0.0333. The lowest BCUT2D eigenvalue weighted by molar-refractivity contribution is -0.124. The van der Waals surface area contributed by atoms with Crippen molar-refractivity contribution < 1.29 is 14.3 Å². The Labute approximate surface area is 202 Å². The van der Waals surface area contributed by atoms with Crippen LogP contribution in [0.5, 0.6) is 0 Å². The molecule has 2 fully saturated rings.